The molecule has 0 spiro atoms. The number of likely N-dealkylation sites (tertiary alicyclic amines) is 1. The fourth-order valence-electron chi connectivity index (χ4n) is 4.65. The van der Waals surface area contributed by atoms with Crippen LogP contribution in [-0.2, 0) is 19.1 Å². The van der Waals surface area contributed by atoms with Crippen molar-refractivity contribution in [2.75, 3.05) is 20.2 Å². The van der Waals surface area contributed by atoms with E-state index in [0.717, 1.165) is 31.0 Å². The van der Waals surface area contributed by atoms with Crippen molar-refractivity contribution >= 4 is 16.8 Å². The molecule has 38 heavy (non-hydrogen) atoms. The number of nitrogens with zero attached hydrogens (tertiary/aromatic N) is 5. The van der Waals surface area contributed by atoms with Crippen LogP contribution in [0, 0.1) is 12.1 Å². The van der Waals surface area contributed by atoms with Gasteiger partial charge in [0.1, 0.15) is 23.2 Å². The number of ether oxygens (including phenoxy) is 1. The highest BCUT2D eigenvalue weighted by Crippen LogP contribution is 2.37. The number of alkyl halides is 3. The summed E-state index contributed by atoms with van der Waals surface area (Å²) in [5.41, 5.74) is 6.15. The van der Waals surface area contributed by atoms with Gasteiger partial charge in [0.15, 0.2) is 17.7 Å². The third-order valence-electron chi connectivity index (χ3n) is 6.61. The molecule has 1 aliphatic heterocycles. The van der Waals surface area contributed by atoms with E-state index in [1.807, 2.05) is 0 Å². The zero-order chi connectivity index (χ0) is 26.9. The lowest BCUT2D eigenvalue weighted by Crippen LogP contribution is -2.39. The van der Waals surface area contributed by atoms with Crippen LogP contribution in [-0.4, -0.2) is 46.0 Å². The van der Waals surface area contributed by atoms with E-state index < -0.39 is 11.9 Å². The molecule has 4 aromatic rings. The Morgan fingerprint density at radius 3 is 2.68 bits per heavy atom. The van der Waals surface area contributed by atoms with Crippen molar-refractivity contribution in [1.29, 1.82) is 0 Å². The molecule has 12 heteroatoms. The van der Waals surface area contributed by atoms with E-state index in [1.165, 1.54) is 25.4 Å². The summed E-state index contributed by atoms with van der Waals surface area (Å²) in [6, 6.07) is 5.26. The topological polar surface area (TPSA) is 121 Å². The number of carbonyl (C=O) groups is 1. The molecular formula is C26H24F3N6O3+. The van der Waals surface area contributed by atoms with Gasteiger partial charge in [-0.1, -0.05) is 0 Å². The molecule has 5 rings (SSSR count). The second kappa shape index (κ2) is 10.3. The largest absolute Gasteiger partial charge is 0.494 e. The highest BCUT2D eigenvalue weighted by atomic mass is 19.4. The van der Waals surface area contributed by atoms with Crippen LogP contribution in [0.1, 0.15) is 40.5 Å². The highest BCUT2D eigenvalue weighted by Gasteiger charge is 2.34. The van der Waals surface area contributed by atoms with Gasteiger partial charge in [0.2, 0.25) is 5.89 Å². The summed E-state index contributed by atoms with van der Waals surface area (Å²) in [6.07, 6.45) is 3.70. The number of hydrogen-bond acceptors (Lipinski definition) is 7. The Labute approximate surface area is 215 Å². The van der Waals surface area contributed by atoms with Crippen molar-refractivity contribution in [3.05, 3.63) is 65.7 Å². The Kier molecular flexibility index (Phi) is 6.86. The predicted octanol–water partition coefficient (Wildman–Crippen LogP) is 3.27. The van der Waals surface area contributed by atoms with Gasteiger partial charge in [0.05, 0.1) is 20.1 Å². The second-order valence-electron chi connectivity index (χ2n) is 8.98. The molecule has 1 fully saturated rings. The van der Waals surface area contributed by atoms with Crippen LogP contribution in [0.5, 0.6) is 5.75 Å². The van der Waals surface area contributed by atoms with Crippen LogP contribution in [0.15, 0.2) is 41.1 Å². The average Bonchev–Trinajstić information content (AvgIpc) is 3.36. The van der Waals surface area contributed by atoms with Crippen molar-refractivity contribution in [3.8, 4) is 17.2 Å². The number of benzene rings is 1. The van der Waals surface area contributed by atoms with E-state index >= 15 is 0 Å². The van der Waals surface area contributed by atoms with Gasteiger partial charge in [0.25, 0.3) is 5.91 Å². The summed E-state index contributed by atoms with van der Waals surface area (Å²) >= 11 is 0. The number of oxazole rings is 1. The molecular weight excluding hydrogens is 501 g/mol. The van der Waals surface area contributed by atoms with Gasteiger partial charge in [-0.2, -0.15) is 13.2 Å². The van der Waals surface area contributed by atoms with E-state index in [2.05, 4.69) is 26.1 Å². The van der Waals surface area contributed by atoms with E-state index in [0.29, 0.717) is 30.0 Å². The average molecular weight is 526 g/mol. The third-order valence-corrected chi connectivity index (χ3v) is 6.61. The van der Waals surface area contributed by atoms with E-state index in [4.69, 9.17) is 14.9 Å². The molecule has 4 heterocycles. The Balaban J connectivity index is 1.40. The van der Waals surface area contributed by atoms with Crippen LogP contribution in [0.3, 0.4) is 0 Å². The van der Waals surface area contributed by atoms with Crippen molar-refractivity contribution in [1.82, 2.24) is 19.9 Å². The first-order valence-corrected chi connectivity index (χ1v) is 12.0. The van der Waals surface area contributed by atoms with Gasteiger partial charge in [-0.25, -0.2) is 15.0 Å². The lowest BCUT2D eigenvalue weighted by molar-refractivity contribution is -0.310. The van der Waals surface area contributed by atoms with Crippen molar-refractivity contribution in [2.24, 2.45) is 11.7 Å². The van der Waals surface area contributed by atoms with Crippen molar-refractivity contribution in [2.45, 2.75) is 32.0 Å². The first kappa shape index (κ1) is 25.4. The molecule has 0 aliphatic carbocycles. The minimum absolute atomic E-state index is 0.00276. The number of amides is 1. The van der Waals surface area contributed by atoms with Gasteiger partial charge >= 0.3 is 18.1 Å². The molecule has 0 bridgehead atoms. The lowest BCUT2D eigenvalue weighted by atomic mass is 9.92. The molecule has 0 saturated carbocycles. The molecule has 0 radical (unpaired) electrons. The molecule has 1 aliphatic rings. The number of aromatic nitrogens is 4. The Morgan fingerprint density at radius 2 is 2.03 bits per heavy atom. The number of pyridine rings is 1. The number of nitrogens with two attached hydrogens (primary N) is 1. The summed E-state index contributed by atoms with van der Waals surface area (Å²) in [6.45, 7) is 1.00. The van der Waals surface area contributed by atoms with Crippen molar-refractivity contribution < 1.29 is 32.1 Å². The molecule has 3 aromatic heterocycles. The normalized spacial score (nSPS) is 14.5. The number of carbonyl (C=O) groups excluding carboxylic acids is 1. The maximum Gasteiger partial charge on any atom is 0.433 e. The first-order chi connectivity index (χ1) is 18.3. The maximum absolute atomic E-state index is 13.4. The Morgan fingerprint density at radius 1 is 1.24 bits per heavy atom. The lowest BCUT2D eigenvalue weighted by Gasteiger charge is -2.30. The fraction of sp³-hybridized carbons (Fsp3) is 0.346. The number of piperidine rings is 1. The minimum Gasteiger partial charge on any atom is -0.494 e. The molecule has 196 valence electrons. The summed E-state index contributed by atoms with van der Waals surface area (Å²) in [4.78, 5) is 31.5. The number of hydrogen-bond donors (Lipinski definition) is 1. The molecule has 0 atom stereocenters. The zero-order valence-corrected chi connectivity index (χ0v) is 20.5. The zero-order valence-electron chi connectivity index (χ0n) is 20.5. The van der Waals surface area contributed by atoms with E-state index in [9.17, 15) is 18.0 Å². The maximum atomic E-state index is 13.4. The van der Waals surface area contributed by atoms with Gasteiger partial charge in [-0.15, -0.1) is 0 Å². The number of rotatable bonds is 6. The summed E-state index contributed by atoms with van der Waals surface area (Å²) in [7, 11) is 1.35. The summed E-state index contributed by atoms with van der Waals surface area (Å²) in [5, 5.41) is 0.336. The molecule has 0 unspecified atom stereocenters. The van der Waals surface area contributed by atoms with Crippen LogP contribution in [0.4, 0.5) is 13.2 Å². The molecule has 1 saturated heterocycles. The number of halogens is 3. The van der Waals surface area contributed by atoms with Gasteiger partial charge in [-0.3, -0.25) is 4.79 Å². The van der Waals surface area contributed by atoms with Crippen molar-refractivity contribution in [3.63, 3.8) is 0 Å². The standard InChI is InChI=1S/C26H24F3N6O3/c1-37-19-4-2-18(17-3-5-21(26(27,28)29)33-22(17)19)24-34-23(20(13-30)38-24)25(36)35-10-6-15(7-11-35)12-16-14-31-8-9-32-16/h2-5,8,14-15H,6-7,10-13,30H2,1H3/q+1. The Hall–Kier alpha value is -4.24. The van der Waals surface area contributed by atoms with Crippen LogP contribution in [0.2, 0.25) is 0 Å². The van der Waals surface area contributed by atoms with E-state index in [-0.39, 0.29) is 41.1 Å². The van der Waals surface area contributed by atoms with Gasteiger partial charge < -0.3 is 19.8 Å². The molecule has 1 aromatic carbocycles. The van der Waals surface area contributed by atoms with Crippen LogP contribution < -0.4 is 15.5 Å². The fourth-order valence-corrected chi connectivity index (χ4v) is 4.65. The second-order valence-corrected chi connectivity index (χ2v) is 8.98. The molecule has 2 N–H and O–H groups in total. The SMILES string of the molecule is COc1ccc(-c2nc(C(=O)N3CCC(Cc4cncc#[n+]4)CC3)c(CN)o2)c2ccc(C(F)(F)F)nc12. The van der Waals surface area contributed by atoms with Gasteiger partial charge in [-0.05, 0) is 48.0 Å². The summed E-state index contributed by atoms with van der Waals surface area (Å²) < 4.78 is 50.9. The Bertz CT molecular complexity index is 1450. The smallest absolute Gasteiger partial charge is 0.433 e. The monoisotopic (exact) mass is 525 g/mol. The number of fused-ring (bicyclic) bond motifs is 1. The minimum atomic E-state index is -4.62. The summed E-state index contributed by atoms with van der Waals surface area (Å²) in [5.74, 6) is 0.495. The van der Waals surface area contributed by atoms with E-state index in [1.54, 1.807) is 17.2 Å². The predicted molar refractivity (Wildman–Crippen MR) is 128 cm³/mol. The van der Waals surface area contributed by atoms with Crippen LogP contribution >= 0.6 is 0 Å². The third kappa shape index (κ3) is 4.97. The molecule has 9 nitrogen and oxygen atoms in total. The highest BCUT2D eigenvalue weighted by molar-refractivity contribution is 5.98. The number of methoxy groups -OCH3 is 1. The molecule has 1 amide bonds. The van der Waals surface area contributed by atoms with Crippen LogP contribution in [0.25, 0.3) is 22.4 Å². The quantitative estimate of drug-likeness (QED) is 0.407. The first-order valence-electron chi connectivity index (χ1n) is 12.0. The van der Waals surface area contributed by atoms with Gasteiger partial charge in [0, 0.05) is 24.0 Å².